The standard InChI is InChI=1S/C17H18O2/c1-2-3-6-13-7-4-5-8-16(13)14-9-10-17(19)15(11-14)12-18/h4-5,7-12,19H,2-3,6H2,1H3. The zero-order valence-electron chi connectivity index (χ0n) is 11.1. The number of unbranched alkanes of at least 4 members (excludes halogenated alkanes) is 1. The van der Waals surface area contributed by atoms with Crippen LogP contribution in [0.3, 0.4) is 0 Å². The second kappa shape index (κ2) is 6.19. The molecule has 2 rings (SSSR count). The summed E-state index contributed by atoms with van der Waals surface area (Å²) in [5.41, 5.74) is 3.74. The topological polar surface area (TPSA) is 37.3 Å². The fourth-order valence-electron chi connectivity index (χ4n) is 2.20. The van der Waals surface area contributed by atoms with E-state index in [0.717, 1.165) is 30.4 Å². The molecule has 0 heterocycles. The lowest BCUT2D eigenvalue weighted by molar-refractivity contribution is 0.112. The van der Waals surface area contributed by atoms with Crippen LogP contribution in [0, 0.1) is 0 Å². The first-order valence-corrected chi connectivity index (χ1v) is 6.62. The van der Waals surface area contributed by atoms with E-state index in [1.165, 1.54) is 5.56 Å². The van der Waals surface area contributed by atoms with Crippen molar-refractivity contribution in [2.75, 3.05) is 0 Å². The average Bonchev–Trinajstić information content (AvgIpc) is 2.46. The van der Waals surface area contributed by atoms with Crippen molar-refractivity contribution in [3.05, 3.63) is 53.6 Å². The van der Waals surface area contributed by atoms with Crippen LogP contribution >= 0.6 is 0 Å². The Hall–Kier alpha value is -2.09. The summed E-state index contributed by atoms with van der Waals surface area (Å²) >= 11 is 0. The highest BCUT2D eigenvalue weighted by Crippen LogP contribution is 2.28. The molecule has 0 amide bonds. The molecule has 2 aromatic rings. The van der Waals surface area contributed by atoms with Crippen LogP contribution in [0.5, 0.6) is 5.75 Å². The van der Waals surface area contributed by atoms with Gasteiger partial charge in [0.25, 0.3) is 0 Å². The SMILES string of the molecule is CCCCc1ccccc1-c1ccc(O)c(C=O)c1. The van der Waals surface area contributed by atoms with Gasteiger partial charge in [-0.15, -0.1) is 0 Å². The maximum atomic E-state index is 10.9. The quantitative estimate of drug-likeness (QED) is 0.811. The Balaban J connectivity index is 2.43. The molecule has 0 fully saturated rings. The van der Waals surface area contributed by atoms with Crippen molar-refractivity contribution >= 4 is 6.29 Å². The highest BCUT2D eigenvalue weighted by atomic mass is 16.3. The number of hydrogen-bond acceptors (Lipinski definition) is 2. The summed E-state index contributed by atoms with van der Waals surface area (Å²) in [4.78, 5) is 10.9. The molecule has 2 heteroatoms. The molecule has 0 unspecified atom stereocenters. The van der Waals surface area contributed by atoms with E-state index in [-0.39, 0.29) is 5.75 Å². The molecule has 0 radical (unpaired) electrons. The normalized spacial score (nSPS) is 10.4. The average molecular weight is 254 g/mol. The van der Waals surface area contributed by atoms with Gasteiger partial charge in [0, 0.05) is 0 Å². The van der Waals surface area contributed by atoms with Crippen molar-refractivity contribution in [1.29, 1.82) is 0 Å². The Bertz CT molecular complexity index is 573. The summed E-state index contributed by atoms with van der Waals surface area (Å²) in [5, 5.41) is 9.56. The number of carbonyl (C=O) groups excluding carboxylic acids is 1. The molecule has 0 bridgehead atoms. The van der Waals surface area contributed by atoms with Crippen molar-refractivity contribution in [3.8, 4) is 16.9 Å². The maximum Gasteiger partial charge on any atom is 0.153 e. The van der Waals surface area contributed by atoms with Gasteiger partial charge >= 0.3 is 0 Å². The molecule has 0 spiro atoms. The lowest BCUT2D eigenvalue weighted by Gasteiger charge is -2.10. The minimum Gasteiger partial charge on any atom is -0.507 e. The van der Waals surface area contributed by atoms with Crippen LogP contribution in [0.15, 0.2) is 42.5 Å². The molecule has 0 aromatic heterocycles. The molecular formula is C17H18O2. The van der Waals surface area contributed by atoms with Gasteiger partial charge in [-0.1, -0.05) is 43.7 Å². The van der Waals surface area contributed by atoms with Gasteiger partial charge in [0.15, 0.2) is 6.29 Å². The molecule has 0 saturated carbocycles. The van der Waals surface area contributed by atoms with E-state index in [9.17, 15) is 9.90 Å². The molecule has 0 aliphatic carbocycles. The number of aromatic hydroxyl groups is 1. The molecule has 98 valence electrons. The van der Waals surface area contributed by atoms with Crippen LogP contribution in [0.2, 0.25) is 0 Å². The minimum atomic E-state index is 0.0322. The van der Waals surface area contributed by atoms with Crippen molar-refractivity contribution in [2.24, 2.45) is 0 Å². The predicted octanol–water partition coefficient (Wildman–Crippen LogP) is 4.21. The molecule has 19 heavy (non-hydrogen) atoms. The van der Waals surface area contributed by atoms with Crippen LogP contribution in [0.1, 0.15) is 35.7 Å². The van der Waals surface area contributed by atoms with E-state index in [4.69, 9.17) is 0 Å². The summed E-state index contributed by atoms with van der Waals surface area (Å²) in [6, 6.07) is 13.4. The van der Waals surface area contributed by atoms with Crippen LogP contribution < -0.4 is 0 Å². The van der Waals surface area contributed by atoms with Gasteiger partial charge in [-0.2, -0.15) is 0 Å². The summed E-state index contributed by atoms with van der Waals surface area (Å²) in [5.74, 6) is 0.0322. The fraction of sp³-hybridized carbons (Fsp3) is 0.235. The molecule has 2 nitrogen and oxygen atoms in total. The van der Waals surface area contributed by atoms with Crippen molar-refractivity contribution in [3.63, 3.8) is 0 Å². The Kier molecular flexibility index (Phi) is 4.35. The Morgan fingerprint density at radius 2 is 1.95 bits per heavy atom. The number of benzene rings is 2. The van der Waals surface area contributed by atoms with Crippen LogP contribution in [-0.2, 0) is 6.42 Å². The first-order chi connectivity index (χ1) is 9.26. The lowest BCUT2D eigenvalue weighted by atomic mass is 9.95. The van der Waals surface area contributed by atoms with Crippen molar-refractivity contribution in [1.82, 2.24) is 0 Å². The van der Waals surface area contributed by atoms with Crippen LogP contribution in [0.4, 0.5) is 0 Å². The highest BCUT2D eigenvalue weighted by Gasteiger charge is 2.07. The smallest absolute Gasteiger partial charge is 0.153 e. The third kappa shape index (κ3) is 3.02. The largest absolute Gasteiger partial charge is 0.507 e. The zero-order valence-corrected chi connectivity index (χ0v) is 11.1. The second-order valence-corrected chi connectivity index (χ2v) is 4.65. The first kappa shape index (κ1) is 13.3. The number of phenols is 1. The number of hydrogen-bond donors (Lipinski definition) is 1. The molecular weight excluding hydrogens is 236 g/mol. The molecule has 1 N–H and O–H groups in total. The first-order valence-electron chi connectivity index (χ1n) is 6.62. The molecule has 0 aliphatic rings. The second-order valence-electron chi connectivity index (χ2n) is 4.65. The molecule has 2 aromatic carbocycles. The van der Waals surface area contributed by atoms with E-state index in [1.807, 2.05) is 18.2 Å². The van der Waals surface area contributed by atoms with E-state index < -0.39 is 0 Å². The van der Waals surface area contributed by atoms with Crippen molar-refractivity contribution in [2.45, 2.75) is 26.2 Å². The van der Waals surface area contributed by atoms with E-state index in [0.29, 0.717) is 11.8 Å². The van der Waals surface area contributed by atoms with Crippen molar-refractivity contribution < 1.29 is 9.90 Å². The Morgan fingerprint density at radius 3 is 2.68 bits per heavy atom. The van der Waals surface area contributed by atoms with Gasteiger partial charge in [-0.05, 0) is 41.7 Å². The number of phenolic OH excluding ortho intramolecular Hbond substituents is 1. The predicted molar refractivity (Wildman–Crippen MR) is 77.5 cm³/mol. The summed E-state index contributed by atoms with van der Waals surface area (Å²) in [6.45, 7) is 2.17. The van der Waals surface area contributed by atoms with Gasteiger partial charge in [-0.3, -0.25) is 4.79 Å². The van der Waals surface area contributed by atoms with Crippen LogP contribution in [0.25, 0.3) is 11.1 Å². The third-order valence-corrected chi connectivity index (χ3v) is 3.28. The minimum absolute atomic E-state index is 0.0322. The van der Waals surface area contributed by atoms with Gasteiger partial charge < -0.3 is 5.11 Å². The van der Waals surface area contributed by atoms with E-state index >= 15 is 0 Å². The zero-order chi connectivity index (χ0) is 13.7. The van der Waals surface area contributed by atoms with Gasteiger partial charge in [0.1, 0.15) is 5.75 Å². The van der Waals surface area contributed by atoms with Gasteiger partial charge in [0.2, 0.25) is 0 Å². The Labute approximate surface area is 113 Å². The number of aldehydes is 1. The van der Waals surface area contributed by atoms with E-state index in [1.54, 1.807) is 12.1 Å². The maximum absolute atomic E-state index is 10.9. The molecule has 0 saturated heterocycles. The van der Waals surface area contributed by atoms with Gasteiger partial charge in [0.05, 0.1) is 5.56 Å². The lowest BCUT2D eigenvalue weighted by Crippen LogP contribution is -1.91. The number of rotatable bonds is 5. The van der Waals surface area contributed by atoms with E-state index in [2.05, 4.69) is 19.1 Å². The molecule has 0 aliphatic heterocycles. The fourth-order valence-corrected chi connectivity index (χ4v) is 2.20. The molecule has 0 atom stereocenters. The van der Waals surface area contributed by atoms with Crippen LogP contribution in [-0.4, -0.2) is 11.4 Å². The summed E-state index contributed by atoms with van der Waals surface area (Å²) in [6.07, 6.45) is 4.02. The highest BCUT2D eigenvalue weighted by molar-refractivity contribution is 5.83. The number of aryl methyl sites for hydroxylation is 1. The monoisotopic (exact) mass is 254 g/mol. The van der Waals surface area contributed by atoms with Gasteiger partial charge in [-0.25, -0.2) is 0 Å². The Morgan fingerprint density at radius 1 is 1.16 bits per heavy atom. The summed E-state index contributed by atoms with van der Waals surface area (Å²) < 4.78 is 0. The summed E-state index contributed by atoms with van der Waals surface area (Å²) in [7, 11) is 0. The third-order valence-electron chi connectivity index (χ3n) is 3.28. The number of carbonyl (C=O) groups is 1.